The van der Waals surface area contributed by atoms with E-state index in [1.165, 1.54) is 7.11 Å². The summed E-state index contributed by atoms with van der Waals surface area (Å²) in [5, 5.41) is 8.74. The molecule has 0 aliphatic rings. The summed E-state index contributed by atoms with van der Waals surface area (Å²) in [6, 6.07) is 6.63. The average Bonchev–Trinajstić information content (AvgIpc) is 2.34. The van der Waals surface area contributed by atoms with Gasteiger partial charge in [0.1, 0.15) is 5.75 Å². The van der Waals surface area contributed by atoms with Gasteiger partial charge in [-0.2, -0.15) is 13.2 Å². The number of alkyl halides is 3. The zero-order valence-corrected chi connectivity index (χ0v) is 10.2. The van der Waals surface area contributed by atoms with Gasteiger partial charge in [0.15, 0.2) is 5.78 Å². The third-order valence-corrected chi connectivity index (χ3v) is 3.13. The van der Waals surface area contributed by atoms with E-state index < -0.39 is 23.8 Å². The molecular formula is C11H11F3O3S. The van der Waals surface area contributed by atoms with Gasteiger partial charge in [0.05, 0.1) is 12.9 Å². The fourth-order valence-electron chi connectivity index (χ4n) is 1.15. The number of carbonyl (C=O) groups is 1. The summed E-state index contributed by atoms with van der Waals surface area (Å²) in [5.41, 5.74) is 0. The maximum absolute atomic E-state index is 12.1. The molecule has 1 N–H and O–H groups in total. The molecule has 1 unspecified atom stereocenters. The molecule has 100 valence electrons. The van der Waals surface area contributed by atoms with Gasteiger partial charge in [-0.05, 0) is 12.1 Å². The van der Waals surface area contributed by atoms with Gasteiger partial charge in [-0.25, -0.2) is 0 Å². The molecule has 0 aliphatic heterocycles. The van der Waals surface area contributed by atoms with Crippen LogP contribution in [0.4, 0.5) is 13.2 Å². The molecule has 0 radical (unpaired) electrons. The molecule has 18 heavy (non-hydrogen) atoms. The second kappa shape index (κ2) is 6.10. The van der Waals surface area contributed by atoms with Crippen molar-refractivity contribution in [2.45, 2.75) is 17.2 Å². The molecule has 0 spiro atoms. The van der Waals surface area contributed by atoms with E-state index >= 15 is 0 Å². The molecule has 0 heterocycles. The first-order valence-corrected chi connectivity index (χ1v) is 5.88. The van der Waals surface area contributed by atoms with E-state index in [0.717, 1.165) is 11.8 Å². The van der Waals surface area contributed by atoms with Gasteiger partial charge in [0, 0.05) is 4.90 Å². The number of hydrogen-bond acceptors (Lipinski definition) is 4. The number of Topliss-reactive ketones (excluding diaryl/α,β-unsaturated/α-hetero) is 1. The van der Waals surface area contributed by atoms with Gasteiger partial charge in [-0.15, -0.1) is 11.8 Å². The third-order valence-electron chi connectivity index (χ3n) is 2.05. The highest BCUT2D eigenvalue weighted by molar-refractivity contribution is 8.00. The number of thioether (sulfide) groups is 1. The number of methoxy groups -OCH3 is 1. The molecular weight excluding hydrogens is 269 g/mol. The molecule has 0 bridgehead atoms. The Morgan fingerprint density at radius 2 is 2.06 bits per heavy atom. The van der Waals surface area contributed by atoms with Crippen LogP contribution in [0.25, 0.3) is 0 Å². The highest BCUT2D eigenvalue weighted by Crippen LogP contribution is 2.30. The van der Waals surface area contributed by atoms with Crippen molar-refractivity contribution in [3.05, 3.63) is 24.3 Å². The van der Waals surface area contributed by atoms with Crippen LogP contribution in [0, 0.1) is 0 Å². The van der Waals surface area contributed by atoms with E-state index in [-0.39, 0.29) is 0 Å². The van der Waals surface area contributed by atoms with Crippen LogP contribution in [0.2, 0.25) is 0 Å². The Morgan fingerprint density at radius 1 is 1.44 bits per heavy atom. The second-order valence-electron chi connectivity index (χ2n) is 3.35. The largest absolute Gasteiger partial charge is 0.496 e. The molecule has 3 nitrogen and oxygen atoms in total. The molecule has 0 saturated heterocycles. The van der Waals surface area contributed by atoms with Crippen molar-refractivity contribution in [2.24, 2.45) is 0 Å². The molecule has 0 amide bonds. The van der Waals surface area contributed by atoms with Crippen LogP contribution in [0.5, 0.6) is 5.75 Å². The number of rotatable bonds is 5. The highest BCUT2D eigenvalue weighted by Gasteiger charge is 2.42. The maximum Gasteiger partial charge on any atom is 0.421 e. The zero-order chi connectivity index (χ0) is 13.8. The van der Waals surface area contributed by atoms with Crippen molar-refractivity contribution < 1.29 is 27.8 Å². The molecule has 0 fully saturated rings. The molecule has 0 aliphatic carbocycles. The summed E-state index contributed by atoms with van der Waals surface area (Å²) < 4.78 is 41.2. The van der Waals surface area contributed by atoms with Gasteiger partial charge in [-0.3, -0.25) is 4.79 Å². The van der Waals surface area contributed by atoms with E-state index in [2.05, 4.69) is 0 Å². The summed E-state index contributed by atoms with van der Waals surface area (Å²) >= 11 is 0.890. The topological polar surface area (TPSA) is 46.5 Å². The van der Waals surface area contributed by atoms with Crippen molar-refractivity contribution in [1.82, 2.24) is 0 Å². The van der Waals surface area contributed by atoms with Crippen molar-refractivity contribution in [2.75, 3.05) is 12.9 Å². The monoisotopic (exact) mass is 280 g/mol. The van der Waals surface area contributed by atoms with Crippen LogP contribution in [-0.2, 0) is 4.79 Å². The lowest BCUT2D eigenvalue weighted by Gasteiger charge is -2.13. The van der Waals surface area contributed by atoms with Crippen molar-refractivity contribution >= 4 is 17.5 Å². The number of carbonyl (C=O) groups excluding carboxylic acids is 1. The van der Waals surface area contributed by atoms with Gasteiger partial charge >= 0.3 is 6.18 Å². The van der Waals surface area contributed by atoms with Crippen LogP contribution < -0.4 is 4.74 Å². The number of hydrogen-bond donors (Lipinski definition) is 1. The van der Waals surface area contributed by atoms with Gasteiger partial charge in [-0.1, -0.05) is 12.1 Å². The minimum absolute atomic E-state index is 0.469. The lowest BCUT2D eigenvalue weighted by Crippen LogP contribution is -2.37. The van der Waals surface area contributed by atoms with Crippen molar-refractivity contribution in [3.8, 4) is 5.75 Å². The van der Waals surface area contributed by atoms with Crippen LogP contribution in [0.3, 0.4) is 0 Å². The second-order valence-corrected chi connectivity index (χ2v) is 4.37. The lowest BCUT2D eigenvalue weighted by atomic mass is 10.2. The summed E-state index contributed by atoms with van der Waals surface area (Å²) in [4.78, 5) is 11.7. The van der Waals surface area contributed by atoms with E-state index in [9.17, 15) is 18.0 Å². The Hall–Kier alpha value is -1.21. The molecule has 1 atom stereocenters. The number of para-hydroxylation sites is 1. The highest BCUT2D eigenvalue weighted by atomic mass is 32.2. The Balaban J connectivity index is 2.63. The fraction of sp³-hybridized carbons (Fsp3) is 0.364. The van der Waals surface area contributed by atoms with Crippen molar-refractivity contribution in [1.29, 1.82) is 0 Å². The molecule has 1 aromatic carbocycles. The van der Waals surface area contributed by atoms with E-state index in [1.54, 1.807) is 24.3 Å². The number of aliphatic hydroxyl groups excluding tert-OH is 1. The van der Waals surface area contributed by atoms with Gasteiger partial charge < -0.3 is 9.84 Å². The number of halogens is 3. The number of aliphatic hydroxyl groups is 1. The number of benzene rings is 1. The van der Waals surface area contributed by atoms with Crippen LogP contribution in [0.1, 0.15) is 0 Å². The number of ether oxygens (including phenoxy) is 1. The predicted molar refractivity (Wildman–Crippen MR) is 60.8 cm³/mol. The van der Waals surface area contributed by atoms with E-state index in [4.69, 9.17) is 9.84 Å². The minimum Gasteiger partial charge on any atom is -0.496 e. The molecule has 7 heteroatoms. The van der Waals surface area contributed by atoms with Crippen LogP contribution in [-0.4, -0.2) is 36.0 Å². The Kier molecular flexibility index (Phi) is 5.03. The third kappa shape index (κ3) is 3.92. The van der Waals surface area contributed by atoms with Crippen LogP contribution >= 0.6 is 11.8 Å². The summed E-state index contributed by atoms with van der Waals surface area (Å²) in [6.45, 7) is 0. The Bertz CT molecular complexity index is 420. The summed E-state index contributed by atoms with van der Waals surface area (Å²) in [5.74, 6) is -1.28. The molecule has 0 saturated carbocycles. The van der Waals surface area contributed by atoms with Gasteiger partial charge in [0.2, 0.25) is 6.10 Å². The smallest absolute Gasteiger partial charge is 0.421 e. The quantitative estimate of drug-likeness (QED) is 0.841. The SMILES string of the molecule is COc1ccccc1SCC(=O)C(O)C(F)(F)F. The first-order chi connectivity index (χ1) is 8.36. The lowest BCUT2D eigenvalue weighted by molar-refractivity contribution is -0.202. The number of ketones is 1. The standard InChI is InChI=1S/C11H11F3O3S/c1-17-8-4-2-3-5-9(8)18-6-7(15)10(16)11(12,13)14/h2-5,10,16H,6H2,1H3. The Labute approximate surface area is 106 Å². The summed E-state index contributed by atoms with van der Waals surface area (Å²) in [6.07, 6.45) is -7.85. The summed E-state index contributed by atoms with van der Waals surface area (Å²) in [7, 11) is 1.42. The molecule has 0 aromatic heterocycles. The van der Waals surface area contributed by atoms with Gasteiger partial charge in [0.25, 0.3) is 0 Å². The average molecular weight is 280 g/mol. The normalized spacial score (nSPS) is 13.2. The minimum atomic E-state index is -4.92. The van der Waals surface area contributed by atoms with E-state index in [1.807, 2.05) is 0 Å². The maximum atomic E-state index is 12.1. The van der Waals surface area contributed by atoms with Crippen molar-refractivity contribution in [3.63, 3.8) is 0 Å². The Morgan fingerprint density at radius 3 is 2.61 bits per heavy atom. The molecule has 1 rings (SSSR count). The predicted octanol–water partition coefficient (Wildman–Crippen LogP) is 2.28. The zero-order valence-electron chi connectivity index (χ0n) is 9.40. The van der Waals surface area contributed by atoms with Crippen LogP contribution in [0.15, 0.2) is 29.2 Å². The van der Waals surface area contributed by atoms with E-state index in [0.29, 0.717) is 10.6 Å². The first kappa shape index (κ1) is 14.8. The first-order valence-electron chi connectivity index (χ1n) is 4.89. The molecule has 1 aromatic rings. The fourth-order valence-corrected chi connectivity index (χ4v) is 2.07.